The molecule has 0 aliphatic heterocycles. The molecule has 2 heterocycles. The molecule has 3 rings (SSSR count). The van der Waals surface area contributed by atoms with Crippen LogP contribution in [0.15, 0.2) is 48.9 Å². The predicted octanol–water partition coefficient (Wildman–Crippen LogP) is 2.43. The van der Waals surface area contributed by atoms with Crippen molar-refractivity contribution in [2.24, 2.45) is 0 Å². The molecule has 2 N–H and O–H groups in total. The molecule has 0 saturated carbocycles. The van der Waals surface area contributed by atoms with Crippen molar-refractivity contribution in [3.8, 4) is 5.75 Å². The highest BCUT2D eigenvalue weighted by Crippen LogP contribution is 2.23. The number of pyridine rings is 1. The van der Waals surface area contributed by atoms with Gasteiger partial charge in [0.15, 0.2) is 0 Å². The van der Waals surface area contributed by atoms with Gasteiger partial charge in [-0.1, -0.05) is 6.07 Å². The van der Waals surface area contributed by atoms with Crippen LogP contribution in [0.5, 0.6) is 5.75 Å². The number of benzene rings is 1. The van der Waals surface area contributed by atoms with E-state index in [1.165, 1.54) is 0 Å². The first-order valence-electron chi connectivity index (χ1n) is 7.06. The van der Waals surface area contributed by atoms with Crippen molar-refractivity contribution in [3.05, 3.63) is 60.0 Å². The zero-order chi connectivity index (χ0) is 15.4. The highest BCUT2D eigenvalue weighted by atomic mass is 16.5. The number of aromatic amines is 1. The Labute approximate surface area is 128 Å². The number of ether oxygens (including phenoxy) is 1. The molecule has 0 aliphatic rings. The van der Waals surface area contributed by atoms with Crippen LogP contribution in [0.3, 0.4) is 0 Å². The van der Waals surface area contributed by atoms with E-state index in [0.717, 1.165) is 27.8 Å². The number of hydrogen-bond donors (Lipinski definition) is 2. The molecule has 0 aliphatic carbocycles. The summed E-state index contributed by atoms with van der Waals surface area (Å²) in [7, 11) is 1.63. The second kappa shape index (κ2) is 6.30. The lowest BCUT2D eigenvalue weighted by molar-refractivity contribution is -0.120. The van der Waals surface area contributed by atoms with Crippen molar-refractivity contribution in [2.45, 2.75) is 13.0 Å². The summed E-state index contributed by atoms with van der Waals surface area (Å²) in [4.78, 5) is 19.3. The molecule has 5 nitrogen and oxygen atoms in total. The molecule has 22 heavy (non-hydrogen) atoms. The molecule has 0 radical (unpaired) electrons. The van der Waals surface area contributed by atoms with Crippen LogP contribution in [-0.4, -0.2) is 23.0 Å². The van der Waals surface area contributed by atoms with E-state index in [1.807, 2.05) is 36.5 Å². The zero-order valence-electron chi connectivity index (χ0n) is 12.3. The summed E-state index contributed by atoms with van der Waals surface area (Å²) >= 11 is 0. The van der Waals surface area contributed by atoms with E-state index in [4.69, 9.17) is 4.74 Å². The van der Waals surface area contributed by atoms with Gasteiger partial charge in [0.05, 0.1) is 13.5 Å². The third kappa shape index (κ3) is 3.09. The van der Waals surface area contributed by atoms with Crippen LogP contribution < -0.4 is 10.1 Å². The number of methoxy groups -OCH3 is 1. The molecule has 3 aromatic rings. The maximum Gasteiger partial charge on any atom is 0.224 e. The van der Waals surface area contributed by atoms with Crippen molar-refractivity contribution in [1.29, 1.82) is 0 Å². The second-order valence-corrected chi connectivity index (χ2v) is 5.04. The SMILES string of the molecule is COc1ccc2[nH]cc(CC(=O)NCc3cccnc3)c2c1. The number of nitrogens with one attached hydrogen (secondary N) is 2. The minimum Gasteiger partial charge on any atom is -0.497 e. The Balaban J connectivity index is 1.68. The van der Waals surface area contributed by atoms with Crippen LogP contribution >= 0.6 is 0 Å². The normalized spacial score (nSPS) is 10.6. The summed E-state index contributed by atoms with van der Waals surface area (Å²) < 4.78 is 5.24. The quantitative estimate of drug-likeness (QED) is 0.759. The summed E-state index contributed by atoms with van der Waals surface area (Å²) in [6.45, 7) is 0.484. The molecular formula is C17H17N3O2. The largest absolute Gasteiger partial charge is 0.497 e. The zero-order valence-corrected chi connectivity index (χ0v) is 12.3. The summed E-state index contributed by atoms with van der Waals surface area (Å²) in [5, 5.41) is 3.92. The lowest BCUT2D eigenvalue weighted by Crippen LogP contribution is -2.24. The average Bonchev–Trinajstić information content (AvgIpc) is 2.96. The molecule has 0 unspecified atom stereocenters. The molecule has 0 bridgehead atoms. The summed E-state index contributed by atoms with van der Waals surface area (Å²) in [6, 6.07) is 9.57. The van der Waals surface area contributed by atoms with Crippen LogP contribution in [0.4, 0.5) is 0 Å². The fourth-order valence-corrected chi connectivity index (χ4v) is 2.37. The van der Waals surface area contributed by atoms with Gasteiger partial charge < -0.3 is 15.0 Å². The highest BCUT2D eigenvalue weighted by Gasteiger charge is 2.09. The number of aromatic nitrogens is 2. The van der Waals surface area contributed by atoms with Gasteiger partial charge in [-0.05, 0) is 35.4 Å². The van der Waals surface area contributed by atoms with Gasteiger partial charge in [0, 0.05) is 36.0 Å². The van der Waals surface area contributed by atoms with Gasteiger partial charge in [-0.25, -0.2) is 0 Å². The highest BCUT2D eigenvalue weighted by molar-refractivity contribution is 5.89. The maximum absolute atomic E-state index is 12.1. The number of hydrogen-bond acceptors (Lipinski definition) is 3. The van der Waals surface area contributed by atoms with Gasteiger partial charge in [0.2, 0.25) is 5.91 Å². The molecule has 1 aromatic carbocycles. The van der Waals surface area contributed by atoms with Crippen molar-refractivity contribution in [3.63, 3.8) is 0 Å². The van der Waals surface area contributed by atoms with Crippen LogP contribution in [0.2, 0.25) is 0 Å². The molecule has 0 spiro atoms. The van der Waals surface area contributed by atoms with E-state index in [2.05, 4.69) is 15.3 Å². The van der Waals surface area contributed by atoms with E-state index in [0.29, 0.717) is 13.0 Å². The van der Waals surface area contributed by atoms with Crippen LogP contribution in [0, 0.1) is 0 Å². The summed E-state index contributed by atoms with van der Waals surface area (Å²) in [5.74, 6) is 0.761. The standard InChI is InChI=1S/C17H17N3O2/c1-22-14-4-5-16-15(8-14)13(11-19-16)7-17(21)20-10-12-3-2-6-18-9-12/h2-6,8-9,11,19H,7,10H2,1H3,(H,20,21). The number of carbonyl (C=O) groups is 1. The van der Waals surface area contributed by atoms with Crippen molar-refractivity contribution >= 4 is 16.8 Å². The smallest absolute Gasteiger partial charge is 0.224 e. The Morgan fingerprint density at radius 3 is 3.05 bits per heavy atom. The summed E-state index contributed by atoms with van der Waals surface area (Å²) in [6.07, 6.45) is 5.66. The van der Waals surface area contributed by atoms with Crippen LogP contribution in [0.25, 0.3) is 10.9 Å². The van der Waals surface area contributed by atoms with E-state index >= 15 is 0 Å². The van der Waals surface area contributed by atoms with Gasteiger partial charge >= 0.3 is 0 Å². The monoisotopic (exact) mass is 295 g/mol. The number of rotatable bonds is 5. The van der Waals surface area contributed by atoms with Gasteiger partial charge in [-0.3, -0.25) is 9.78 Å². The maximum atomic E-state index is 12.1. The number of amides is 1. The first kappa shape index (κ1) is 14.1. The molecule has 1 amide bonds. The van der Waals surface area contributed by atoms with Gasteiger partial charge in [0.1, 0.15) is 5.75 Å². The van der Waals surface area contributed by atoms with Gasteiger partial charge in [-0.2, -0.15) is 0 Å². The Hall–Kier alpha value is -2.82. The third-order valence-electron chi connectivity index (χ3n) is 3.54. The number of fused-ring (bicyclic) bond motifs is 1. The van der Waals surface area contributed by atoms with Crippen LogP contribution in [0.1, 0.15) is 11.1 Å². The predicted molar refractivity (Wildman–Crippen MR) is 84.6 cm³/mol. The minimum atomic E-state index is -0.0208. The Kier molecular flexibility index (Phi) is 4.05. The molecule has 0 atom stereocenters. The minimum absolute atomic E-state index is 0.0208. The Bertz CT molecular complexity index is 781. The first-order valence-corrected chi connectivity index (χ1v) is 7.06. The lowest BCUT2D eigenvalue weighted by Gasteiger charge is -2.05. The topological polar surface area (TPSA) is 67.0 Å². The lowest BCUT2D eigenvalue weighted by atomic mass is 10.1. The first-order chi connectivity index (χ1) is 10.8. The molecule has 0 saturated heterocycles. The summed E-state index contributed by atoms with van der Waals surface area (Å²) in [5.41, 5.74) is 2.94. The molecule has 0 fully saturated rings. The second-order valence-electron chi connectivity index (χ2n) is 5.04. The van der Waals surface area contributed by atoms with Gasteiger partial charge in [-0.15, -0.1) is 0 Å². The number of carbonyl (C=O) groups excluding carboxylic acids is 1. The van der Waals surface area contributed by atoms with E-state index in [1.54, 1.807) is 19.5 Å². The molecule has 2 aromatic heterocycles. The fourth-order valence-electron chi connectivity index (χ4n) is 2.37. The Morgan fingerprint density at radius 1 is 1.36 bits per heavy atom. The van der Waals surface area contributed by atoms with E-state index in [-0.39, 0.29) is 5.91 Å². The van der Waals surface area contributed by atoms with Crippen molar-refractivity contribution < 1.29 is 9.53 Å². The fraction of sp³-hybridized carbons (Fsp3) is 0.176. The van der Waals surface area contributed by atoms with Crippen molar-refractivity contribution in [2.75, 3.05) is 7.11 Å². The van der Waals surface area contributed by atoms with Crippen molar-refractivity contribution in [1.82, 2.24) is 15.3 Å². The molecule has 112 valence electrons. The van der Waals surface area contributed by atoms with Gasteiger partial charge in [0.25, 0.3) is 0 Å². The average molecular weight is 295 g/mol. The van der Waals surface area contributed by atoms with E-state index in [9.17, 15) is 4.79 Å². The van der Waals surface area contributed by atoms with Crippen LogP contribution in [-0.2, 0) is 17.8 Å². The number of H-pyrrole nitrogens is 1. The number of nitrogens with zero attached hydrogens (tertiary/aromatic N) is 1. The molecule has 5 heteroatoms. The molecular weight excluding hydrogens is 278 g/mol. The van der Waals surface area contributed by atoms with E-state index < -0.39 is 0 Å². The third-order valence-corrected chi connectivity index (χ3v) is 3.54. The Morgan fingerprint density at radius 2 is 2.27 bits per heavy atom.